The van der Waals surface area contributed by atoms with Gasteiger partial charge in [-0.1, -0.05) is 0 Å². The van der Waals surface area contributed by atoms with Gasteiger partial charge in [0.1, 0.15) is 12.1 Å². The van der Waals surface area contributed by atoms with E-state index in [-0.39, 0.29) is 12.5 Å². The lowest BCUT2D eigenvalue weighted by molar-refractivity contribution is -0.131. The number of alkyl carbamates (subject to hydrolysis) is 1. The molecule has 1 aliphatic heterocycles. The second-order valence-electron chi connectivity index (χ2n) is 5.90. The molecule has 1 aromatic rings. The van der Waals surface area contributed by atoms with E-state index >= 15 is 0 Å². The van der Waals surface area contributed by atoms with Crippen molar-refractivity contribution in [2.24, 2.45) is 0 Å². The molecule has 0 atom stereocenters. The Morgan fingerprint density at radius 2 is 2.20 bits per heavy atom. The lowest BCUT2D eigenvalue weighted by Gasteiger charge is -2.27. The van der Waals surface area contributed by atoms with E-state index in [0.29, 0.717) is 13.1 Å². The highest BCUT2D eigenvalue weighted by atomic mass is 16.6. The van der Waals surface area contributed by atoms with E-state index in [0.717, 1.165) is 12.0 Å². The van der Waals surface area contributed by atoms with Crippen LogP contribution in [0.5, 0.6) is 0 Å². The quantitative estimate of drug-likeness (QED) is 0.860. The van der Waals surface area contributed by atoms with Crippen LogP contribution >= 0.6 is 0 Å². The molecule has 0 unspecified atom stereocenters. The fourth-order valence-electron chi connectivity index (χ4n) is 2.14. The van der Waals surface area contributed by atoms with Crippen LogP contribution in [0.3, 0.4) is 0 Å². The van der Waals surface area contributed by atoms with Gasteiger partial charge in [0.25, 0.3) is 0 Å². The second kappa shape index (κ2) is 5.56. The average molecular weight is 279 g/mol. The number of amides is 2. The maximum Gasteiger partial charge on any atom is 0.408 e. The first-order chi connectivity index (χ1) is 9.35. The average Bonchev–Trinajstić information content (AvgIpc) is 2.80. The minimum atomic E-state index is -0.565. The summed E-state index contributed by atoms with van der Waals surface area (Å²) in [6.07, 6.45) is 2.14. The van der Waals surface area contributed by atoms with Crippen LogP contribution in [0.2, 0.25) is 0 Å². The molecule has 0 aromatic carbocycles. The first-order valence-corrected chi connectivity index (χ1v) is 6.75. The molecule has 0 radical (unpaired) electrons. The number of rotatable bonds is 2. The standard InChI is InChI=1S/C14H21N3O3/c1-14(2,3)20-13(19)16-8-12(18)17-7-5-11-10(9-17)4-6-15-11/h4,6,15H,5,7-9H2,1-3H3,(H,16,19). The molecule has 0 saturated heterocycles. The normalized spacial score (nSPS) is 14.7. The molecule has 0 bridgehead atoms. The van der Waals surface area contributed by atoms with E-state index in [1.807, 2.05) is 12.3 Å². The Kier molecular flexibility index (Phi) is 4.01. The lowest BCUT2D eigenvalue weighted by Crippen LogP contribution is -2.43. The van der Waals surface area contributed by atoms with Crippen molar-refractivity contribution in [1.82, 2.24) is 15.2 Å². The van der Waals surface area contributed by atoms with Gasteiger partial charge in [-0.2, -0.15) is 0 Å². The van der Waals surface area contributed by atoms with Crippen molar-refractivity contribution in [3.05, 3.63) is 23.5 Å². The zero-order valence-electron chi connectivity index (χ0n) is 12.2. The van der Waals surface area contributed by atoms with E-state index in [2.05, 4.69) is 10.3 Å². The molecule has 1 aliphatic rings. The van der Waals surface area contributed by atoms with Gasteiger partial charge >= 0.3 is 6.09 Å². The zero-order chi connectivity index (χ0) is 14.8. The molecular formula is C14H21N3O3. The first-order valence-electron chi connectivity index (χ1n) is 6.75. The van der Waals surface area contributed by atoms with Gasteiger partial charge < -0.3 is 19.9 Å². The highest BCUT2D eigenvalue weighted by Crippen LogP contribution is 2.17. The van der Waals surface area contributed by atoms with Crippen molar-refractivity contribution in [2.75, 3.05) is 13.1 Å². The molecule has 2 rings (SSSR count). The molecule has 0 spiro atoms. The number of aromatic amines is 1. The van der Waals surface area contributed by atoms with Crippen LogP contribution in [0, 0.1) is 0 Å². The third-order valence-electron chi connectivity index (χ3n) is 3.06. The molecule has 2 heterocycles. The largest absolute Gasteiger partial charge is 0.444 e. The number of nitrogens with zero attached hydrogens (tertiary/aromatic N) is 1. The SMILES string of the molecule is CC(C)(C)OC(=O)NCC(=O)N1CCc2[nH]ccc2C1. The molecule has 0 saturated carbocycles. The summed E-state index contributed by atoms with van der Waals surface area (Å²) in [5.74, 6) is -0.0947. The first kappa shape index (κ1) is 14.4. The van der Waals surface area contributed by atoms with Crippen LogP contribution in [0.1, 0.15) is 32.0 Å². The molecule has 2 amide bonds. The van der Waals surface area contributed by atoms with Crippen LogP contribution in [-0.2, 0) is 22.5 Å². The molecule has 6 nitrogen and oxygen atoms in total. The van der Waals surface area contributed by atoms with Gasteiger partial charge in [-0.05, 0) is 32.4 Å². The molecule has 110 valence electrons. The summed E-state index contributed by atoms with van der Waals surface area (Å²) in [7, 11) is 0. The van der Waals surface area contributed by atoms with Crippen molar-refractivity contribution in [3.63, 3.8) is 0 Å². The van der Waals surface area contributed by atoms with Crippen LogP contribution in [0.15, 0.2) is 12.3 Å². The topological polar surface area (TPSA) is 74.4 Å². The summed E-state index contributed by atoms with van der Waals surface area (Å²) in [5.41, 5.74) is 1.77. The van der Waals surface area contributed by atoms with Gasteiger partial charge in [0.15, 0.2) is 0 Å². The number of H-pyrrole nitrogens is 1. The van der Waals surface area contributed by atoms with Crippen LogP contribution in [0.25, 0.3) is 0 Å². The number of carbonyl (C=O) groups excluding carboxylic acids is 2. The van der Waals surface area contributed by atoms with Gasteiger partial charge in [0, 0.05) is 31.4 Å². The van der Waals surface area contributed by atoms with Gasteiger partial charge in [-0.15, -0.1) is 0 Å². The monoisotopic (exact) mass is 279 g/mol. The third-order valence-corrected chi connectivity index (χ3v) is 3.06. The molecule has 1 aromatic heterocycles. The fraction of sp³-hybridized carbons (Fsp3) is 0.571. The number of hydrogen-bond donors (Lipinski definition) is 2. The van der Waals surface area contributed by atoms with E-state index in [4.69, 9.17) is 4.74 Å². The third kappa shape index (κ3) is 3.76. The highest BCUT2D eigenvalue weighted by Gasteiger charge is 2.22. The van der Waals surface area contributed by atoms with E-state index < -0.39 is 11.7 Å². The van der Waals surface area contributed by atoms with Crippen molar-refractivity contribution in [2.45, 2.75) is 39.3 Å². The van der Waals surface area contributed by atoms with Crippen molar-refractivity contribution < 1.29 is 14.3 Å². The number of hydrogen-bond acceptors (Lipinski definition) is 3. The summed E-state index contributed by atoms with van der Waals surface area (Å²) in [6.45, 7) is 6.58. The van der Waals surface area contributed by atoms with Crippen LogP contribution < -0.4 is 5.32 Å². The Bertz CT molecular complexity index is 502. The Morgan fingerprint density at radius 3 is 2.90 bits per heavy atom. The molecule has 6 heteroatoms. The number of carbonyl (C=O) groups is 2. The molecule has 0 fully saturated rings. The minimum Gasteiger partial charge on any atom is -0.444 e. The Hall–Kier alpha value is -1.98. The van der Waals surface area contributed by atoms with Crippen molar-refractivity contribution >= 4 is 12.0 Å². The van der Waals surface area contributed by atoms with Gasteiger partial charge in [-0.3, -0.25) is 4.79 Å². The summed E-state index contributed by atoms with van der Waals surface area (Å²) < 4.78 is 5.09. The summed E-state index contributed by atoms with van der Waals surface area (Å²) in [6, 6.07) is 1.98. The van der Waals surface area contributed by atoms with E-state index in [9.17, 15) is 9.59 Å². The Morgan fingerprint density at radius 1 is 1.45 bits per heavy atom. The highest BCUT2D eigenvalue weighted by molar-refractivity contribution is 5.82. The Labute approximate surface area is 118 Å². The number of fused-ring (bicyclic) bond motifs is 1. The molecule has 0 aliphatic carbocycles. The molecule has 20 heavy (non-hydrogen) atoms. The summed E-state index contributed by atoms with van der Waals surface area (Å²) >= 11 is 0. The zero-order valence-corrected chi connectivity index (χ0v) is 12.2. The number of aromatic nitrogens is 1. The smallest absolute Gasteiger partial charge is 0.408 e. The Balaban J connectivity index is 1.80. The van der Waals surface area contributed by atoms with Crippen molar-refractivity contribution in [1.29, 1.82) is 0 Å². The van der Waals surface area contributed by atoms with Crippen molar-refractivity contribution in [3.8, 4) is 0 Å². The maximum atomic E-state index is 12.0. The maximum absolute atomic E-state index is 12.0. The van der Waals surface area contributed by atoms with Gasteiger partial charge in [-0.25, -0.2) is 4.79 Å². The summed E-state index contributed by atoms with van der Waals surface area (Å²) in [5, 5.41) is 2.49. The molecule has 2 N–H and O–H groups in total. The minimum absolute atomic E-state index is 0.0331. The summed E-state index contributed by atoms with van der Waals surface area (Å²) in [4.78, 5) is 28.4. The second-order valence-corrected chi connectivity index (χ2v) is 5.90. The van der Waals surface area contributed by atoms with E-state index in [1.165, 1.54) is 5.69 Å². The number of nitrogens with one attached hydrogen (secondary N) is 2. The van der Waals surface area contributed by atoms with E-state index in [1.54, 1.807) is 25.7 Å². The van der Waals surface area contributed by atoms with Crippen LogP contribution in [-0.4, -0.2) is 40.6 Å². The predicted molar refractivity (Wildman–Crippen MR) is 74.2 cm³/mol. The lowest BCUT2D eigenvalue weighted by atomic mass is 10.1. The van der Waals surface area contributed by atoms with Gasteiger partial charge in [0.05, 0.1) is 0 Å². The molecular weight excluding hydrogens is 258 g/mol. The van der Waals surface area contributed by atoms with Gasteiger partial charge in [0.2, 0.25) is 5.91 Å². The van der Waals surface area contributed by atoms with Crippen LogP contribution in [0.4, 0.5) is 4.79 Å². The predicted octanol–water partition coefficient (Wildman–Crippen LogP) is 1.42. The number of ether oxygens (including phenoxy) is 1. The fourth-order valence-corrected chi connectivity index (χ4v) is 2.14.